The highest BCUT2D eigenvalue weighted by molar-refractivity contribution is 7.99. The Labute approximate surface area is 143 Å². The normalized spacial score (nSPS) is 11.0. The number of allylic oxidation sites excluding steroid dienone is 1. The molecule has 0 saturated heterocycles. The molecular weight excluding hydrogens is 300 g/mol. The van der Waals surface area contributed by atoms with E-state index in [0.29, 0.717) is 0 Å². The molecular formula is C21H24OS. The quantitative estimate of drug-likeness (QED) is 0.334. The molecule has 0 fully saturated rings. The molecule has 0 heterocycles. The first-order chi connectivity index (χ1) is 11.2. The van der Waals surface area contributed by atoms with Crippen LogP contribution in [0.25, 0.3) is 6.08 Å². The third kappa shape index (κ3) is 5.72. The molecule has 0 spiro atoms. The minimum Gasteiger partial charge on any atom is -0.289 e. The topological polar surface area (TPSA) is 17.1 Å². The van der Waals surface area contributed by atoms with Gasteiger partial charge in [-0.2, -0.15) is 0 Å². The lowest BCUT2D eigenvalue weighted by molar-refractivity contribution is 0.104. The molecule has 0 atom stereocenters. The van der Waals surface area contributed by atoms with E-state index in [-0.39, 0.29) is 5.78 Å². The smallest absolute Gasteiger partial charge is 0.185 e. The fraction of sp³-hybridized carbons (Fsp3) is 0.286. The van der Waals surface area contributed by atoms with Crippen LogP contribution in [-0.4, -0.2) is 11.5 Å². The van der Waals surface area contributed by atoms with Crippen molar-refractivity contribution in [2.24, 2.45) is 0 Å². The van der Waals surface area contributed by atoms with Gasteiger partial charge in [-0.25, -0.2) is 0 Å². The first-order valence-corrected chi connectivity index (χ1v) is 9.25. The molecule has 2 heteroatoms. The van der Waals surface area contributed by atoms with Crippen molar-refractivity contribution < 1.29 is 4.79 Å². The highest BCUT2D eigenvalue weighted by Gasteiger charge is 2.02. The van der Waals surface area contributed by atoms with Gasteiger partial charge in [0.2, 0.25) is 0 Å². The Morgan fingerprint density at radius 2 is 1.87 bits per heavy atom. The van der Waals surface area contributed by atoms with Gasteiger partial charge < -0.3 is 0 Å². The maximum atomic E-state index is 12.3. The highest BCUT2D eigenvalue weighted by atomic mass is 32.2. The zero-order valence-electron chi connectivity index (χ0n) is 13.9. The van der Waals surface area contributed by atoms with Crippen LogP contribution in [0.5, 0.6) is 0 Å². The van der Waals surface area contributed by atoms with Crippen molar-refractivity contribution in [1.29, 1.82) is 0 Å². The summed E-state index contributed by atoms with van der Waals surface area (Å²) in [5.74, 6) is 1.10. The summed E-state index contributed by atoms with van der Waals surface area (Å²) in [6, 6.07) is 16.3. The molecule has 1 nitrogen and oxygen atoms in total. The van der Waals surface area contributed by atoms with Crippen LogP contribution in [0.3, 0.4) is 0 Å². The maximum absolute atomic E-state index is 12.3. The molecule has 0 unspecified atom stereocenters. The predicted molar refractivity (Wildman–Crippen MR) is 101 cm³/mol. The standard InChI is InChI=1S/C21H24OS/c1-3-5-7-17-8-6-9-18(16-17)10-15-21(22)19-11-13-20(14-12-19)23-4-2/h6,8-16H,3-5,7H2,1-2H3/b15-10+. The number of benzene rings is 2. The average Bonchev–Trinajstić information content (AvgIpc) is 2.59. The predicted octanol–water partition coefficient (Wildman–Crippen LogP) is 6.04. The third-order valence-electron chi connectivity index (χ3n) is 3.65. The summed E-state index contributed by atoms with van der Waals surface area (Å²) >= 11 is 1.78. The van der Waals surface area contributed by atoms with Gasteiger partial charge >= 0.3 is 0 Å². The number of hydrogen-bond donors (Lipinski definition) is 0. The third-order valence-corrected chi connectivity index (χ3v) is 4.54. The van der Waals surface area contributed by atoms with Crippen molar-refractivity contribution in [3.05, 3.63) is 71.3 Å². The van der Waals surface area contributed by atoms with Crippen molar-refractivity contribution >= 4 is 23.6 Å². The van der Waals surface area contributed by atoms with Crippen LogP contribution in [-0.2, 0) is 6.42 Å². The van der Waals surface area contributed by atoms with E-state index in [0.717, 1.165) is 23.3 Å². The summed E-state index contributed by atoms with van der Waals surface area (Å²) in [5, 5.41) is 0. The van der Waals surface area contributed by atoms with Gasteiger partial charge in [-0.05, 0) is 60.1 Å². The second-order valence-electron chi connectivity index (χ2n) is 5.50. The average molecular weight is 324 g/mol. The van der Waals surface area contributed by atoms with Crippen LogP contribution >= 0.6 is 11.8 Å². The number of rotatable bonds is 8. The lowest BCUT2D eigenvalue weighted by Crippen LogP contribution is -1.93. The van der Waals surface area contributed by atoms with Crippen LogP contribution in [0.2, 0.25) is 0 Å². The minimum absolute atomic E-state index is 0.0528. The monoisotopic (exact) mass is 324 g/mol. The van der Waals surface area contributed by atoms with E-state index < -0.39 is 0 Å². The number of aryl methyl sites for hydroxylation is 1. The molecule has 0 aromatic heterocycles. The number of hydrogen-bond acceptors (Lipinski definition) is 2. The summed E-state index contributed by atoms with van der Waals surface area (Å²) < 4.78 is 0. The van der Waals surface area contributed by atoms with Gasteiger partial charge in [0.1, 0.15) is 0 Å². The van der Waals surface area contributed by atoms with Crippen molar-refractivity contribution in [1.82, 2.24) is 0 Å². The Kier molecular flexibility index (Phi) is 7.15. The molecule has 2 aromatic rings. The molecule has 0 aliphatic heterocycles. The van der Waals surface area contributed by atoms with Crippen molar-refractivity contribution in [3.8, 4) is 0 Å². The summed E-state index contributed by atoms with van der Waals surface area (Å²) in [4.78, 5) is 13.5. The molecule has 0 bridgehead atoms. The van der Waals surface area contributed by atoms with Crippen LogP contribution in [0.1, 0.15) is 48.2 Å². The second-order valence-corrected chi connectivity index (χ2v) is 6.84. The molecule has 120 valence electrons. The van der Waals surface area contributed by atoms with Crippen LogP contribution in [0.4, 0.5) is 0 Å². The van der Waals surface area contributed by atoms with E-state index >= 15 is 0 Å². The van der Waals surface area contributed by atoms with Gasteiger partial charge in [0.05, 0.1) is 0 Å². The van der Waals surface area contributed by atoms with Gasteiger partial charge in [-0.1, -0.05) is 50.6 Å². The zero-order chi connectivity index (χ0) is 16.5. The summed E-state index contributed by atoms with van der Waals surface area (Å²) in [7, 11) is 0. The molecule has 0 aliphatic rings. The summed E-state index contributed by atoms with van der Waals surface area (Å²) in [6.07, 6.45) is 7.08. The van der Waals surface area contributed by atoms with Crippen molar-refractivity contribution in [2.45, 2.75) is 38.0 Å². The molecule has 23 heavy (non-hydrogen) atoms. The number of carbonyl (C=O) groups excluding carboxylic acids is 1. The second kappa shape index (κ2) is 9.36. The fourth-order valence-corrected chi connectivity index (χ4v) is 3.05. The lowest BCUT2D eigenvalue weighted by Gasteiger charge is -2.02. The Bertz CT molecular complexity index is 656. The zero-order valence-corrected chi connectivity index (χ0v) is 14.7. The van der Waals surface area contributed by atoms with Gasteiger partial charge in [0, 0.05) is 10.5 Å². The van der Waals surface area contributed by atoms with E-state index in [1.165, 1.54) is 23.3 Å². The Balaban J connectivity index is 2.02. The van der Waals surface area contributed by atoms with E-state index in [1.54, 1.807) is 17.8 Å². The molecule has 2 aromatic carbocycles. The number of thioether (sulfide) groups is 1. The van der Waals surface area contributed by atoms with E-state index in [4.69, 9.17) is 0 Å². The molecule has 0 aliphatic carbocycles. The summed E-state index contributed by atoms with van der Waals surface area (Å²) in [5.41, 5.74) is 3.16. The van der Waals surface area contributed by atoms with E-state index in [1.807, 2.05) is 36.4 Å². The number of unbranched alkanes of at least 4 members (excludes halogenated alkanes) is 1. The molecule has 0 saturated carbocycles. The van der Waals surface area contributed by atoms with Gasteiger partial charge in [0.15, 0.2) is 5.78 Å². The molecule has 0 N–H and O–H groups in total. The maximum Gasteiger partial charge on any atom is 0.185 e. The number of carbonyl (C=O) groups is 1. The van der Waals surface area contributed by atoms with Crippen LogP contribution < -0.4 is 0 Å². The Hall–Kier alpha value is -1.80. The first-order valence-electron chi connectivity index (χ1n) is 8.27. The SMILES string of the molecule is CCCCc1cccc(/C=C/C(=O)c2ccc(SCC)cc2)c1. The summed E-state index contributed by atoms with van der Waals surface area (Å²) in [6.45, 7) is 4.33. The lowest BCUT2D eigenvalue weighted by atomic mass is 10.0. The Morgan fingerprint density at radius 3 is 2.57 bits per heavy atom. The van der Waals surface area contributed by atoms with Crippen molar-refractivity contribution in [3.63, 3.8) is 0 Å². The Morgan fingerprint density at radius 1 is 1.09 bits per heavy atom. The van der Waals surface area contributed by atoms with Gasteiger partial charge in [-0.15, -0.1) is 11.8 Å². The van der Waals surface area contributed by atoms with E-state index in [2.05, 4.69) is 32.0 Å². The van der Waals surface area contributed by atoms with Crippen LogP contribution in [0, 0.1) is 0 Å². The number of ketones is 1. The largest absolute Gasteiger partial charge is 0.289 e. The minimum atomic E-state index is 0.0528. The first kappa shape index (κ1) is 17.6. The molecule has 2 rings (SSSR count). The fourth-order valence-electron chi connectivity index (χ4n) is 2.38. The van der Waals surface area contributed by atoms with Crippen LogP contribution in [0.15, 0.2) is 59.5 Å². The molecule has 0 radical (unpaired) electrons. The highest BCUT2D eigenvalue weighted by Crippen LogP contribution is 2.18. The van der Waals surface area contributed by atoms with Gasteiger partial charge in [-0.3, -0.25) is 4.79 Å². The van der Waals surface area contributed by atoms with Gasteiger partial charge in [0.25, 0.3) is 0 Å². The molecule has 0 amide bonds. The van der Waals surface area contributed by atoms with E-state index in [9.17, 15) is 4.79 Å². The van der Waals surface area contributed by atoms with Crippen molar-refractivity contribution in [2.75, 3.05) is 5.75 Å².